The molecule has 154 valence electrons. The first kappa shape index (κ1) is 19.0. The van der Waals surface area contributed by atoms with E-state index < -0.39 is 11.1 Å². The van der Waals surface area contributed by atoms with Crippen LogP contribution in [0.1, 0.15) is 30.5 Å². The zero-order chi connectivity index (χ0) is 21.6. The number of hydrogen-bond donors (Lipinski definition) is 2. The summed E-state index contributed by atoms with van der Waals surface area (Å²) >= 11 is 0. The van der Waals surface area contributed by atoms with E-state index >= 15 is 0 Å². The van der Waals surface area contributed by atoms with Gasteiger partial charge in [0.2, 0.25) is 5.88 Å². The third kappa shape index (κ3) is 3.35. The highest BCUT2D eigenvalue weighted by atomic mass is 16.5. The molecule has 0 saturated carbocycles. The third-order valence-electron chi connectivity index (χ3n) is 5.07. The fraction of sp³-hybridized carbons (Fsp3) is 0.217. The average molecular weight is 413 g/mol. The molecule has 5 rings (SSSR count). The summed E-state index contributed by atoms with van der Waals surface area (Å²) < 4.78 is 11.7. The maximum absolute atomic E-state index is 9.94. The van der Waals surface area contributed by atoms with Crippen LogP contribution in [0.3, 0.4) is 0 Å². The van der Waals surface area contributed by atoms with Crippen molar-refractivity contribution < 1.29 is 14.6 Å². The first-order chi connectivity index (χ1) is 14.8. The second-order valence-corrected chi connectivity index (χ2v) is 7.92. The van der Waals surface area contributed by atoms with Crippen LogP contribution in [-0.2, 0) is 10.3 Å². The van der Waals surface area contributed by atoms with E-state index in [9.17, 15) is 5.11 Å². The van der Waals surface area contributed by atoms with Crippen molar-refractivity contribution in [3.05, 3.63) is 65.9 Å². The standard InChI is InChI=1S/C23H19N5O3/c1-22(2,29)6-5-14-7-18-20(27-9-14)31-19-4-3-15(16-10-25-13-26-11-16)8-17(19)23(18)12-30-21(24)28-23/h3-4,7-11,13,29H,12H2,1-2H3,(H2,24,28)/t23-/m0/s1. The number of amidine groups is 1. The van der Waals surface area contributed by atoms with E-state index in [-0.39, 0.29) is 12.6 Å². The Morgan fingerprint density at radius 3 is 2.61 bits per heavy atom. The molecule has 1 atom stereocenters. The molecule has 0 saturated heterocycles. The van der Waals surface area contributed by atoms with Gasteiger partial charge in [-0.2, -0.15) is 0 Å². The summed E-state index contributed by atoms with van der Waals surface area (Å²) in [5, 5.41) is 9.94. The summed E-state index contributed by atoms with van der Waals surface area (Å²) in [5.41, 5.74) is 7.81. The number of hydrogen-bond acceptors (Lipinski definition) is 8. The van der Waals surface area contributed by atoms with Gasteiger partial charge in [-0.3, -0.25) is 0 Å². The number of fused-ring (bicyclic) bond motifs is 4. The van der Waals surface area contributed by atoms with E-state index in [1.807, 2.05) is 24.3 Å². The number of nitrogens with two attached hydrogens (primary N) is 1. The van der Waals surface area contributed by atoms with E-state index in [2.05, 4.69) is 31.8 Å². The van der Waals surface area contributed by atoms with Gasteiger partial charge in [-0.05, 0) is 37.6 Å². The van der Waals surface area contributed by atoms with Gasteiger partial charge in [-0.15, -0.1) is 0 Å². The SMILES string of the molecule is CC(C)(O)C#Cc1cnc2c(c1)[C@]1(COC(N)=N1)c1cc(-c3cncnc3)ccc1O2. The lowest BCUT2D eigenvalue weighted by Gasteiger charge is -2.33. The fourth-order valence-electron chi connectivity index (χ4n) is 3.65. The zero-order valence-corrected chi connectivity index (χ0v) is 17.0. The van der Waals surface area contributed by atoms with Gasteiger partial charge in [0.05, 0.1) is 5.56 Å². The topological polar surface area (TPSA) is 116 Å². The van der Waals surface area contributed by atoms with Gasteiger partial charge in [0, 0.05) is 35.3 Å². The summed E-state index contributed by atoms with van der Waals surface area (Å²) in [6.45, 7) is 3.45. The molecule has 2 aliphatic rings. The molecule has 8 heteroatoms. The van der Waals surface area contributed by atoms with Gasteiger partial charge in [0.1, 0.15) is 24.3 Å². The predicted molar refractivity (Wildman–Crippen MR) is 113 cm³/mol. The first-order valence-electron chi connectivity index (χ1n) is 9.66. The Labute approximate surface area is 178 Å². The fourth-order valence-corrected chi connectivity index (χ4v) is 3.65. The summed E-state index contributed by atoms with van der Waals surface area (Å²) in [6, 6.07) is 7.74. The van der Waals surface area contributed by atoms with Crippen LogP contribution >= 0.6 is 0 Å². The number of nitrogens with zero attached hydrogens (tertiary/aromatic N) is 4. The van der Waals surface area contributed by atoms with Crippen molar-refractivity contribution >= 4 is 6.02 Å². The van der Waals surface area contributed by atoms with Crippen molar-refractivity contribution in [3.8, 4) is 34.6 Å². The number of aliphatic imine (C=N–C) groups is 1. The lowest BCUT2D eigenvalue weighted by Crippen LogP contribution is -2.31. The Hall–Kier alpha value is -3.96. The predicted octanol–water partition coefficient (Wildman–Crippen LogP) is 2.36. The number of ether oxygens (including phenoxy) is 2. The van der Waals surface area contributed by atoms with Gasteiger partial charge >= 0.3 is 0 Å². The lowest BCUT2D eigenvalue weighted by atomic mass is 9.81. The summed E-state index contributed by atoms with van der Waals surface area (Å²) in [7, 11) is 0. The number of aromatic nitrogens is 3. The number of aliphatic hydroxyl groups is 1. The van der Waals surface area contributed by atoms with E-state index in [0.717, 1.165) is 16.7 Å². The van der Waals surface area contributed by atoms with Crippen LogP contribution in [0.25, 0.3) is 11.1 Å². The largest absolute Gasteiger partial charge is 0.462 e. The first-order valence-corrected chi connectivity index (χ1v) is 9.66. The average Bonchev–Trinajstić information content (AvgIpc) is 3.15. The molecule has 1 aromatic carbocycles. The van der Waals surface area contributed by atoms with Gasteiger partial charge in [-0.1, -0.05) is 17.9 Å². The quantitative estimate of drug-likeness (QED) is 0.588. The lowest BCUT2D eigenvalue weighted by molar-refractivity contribution is 0.143. The molecule has 31 heavy (non-hydrogen) atoms. The van der Waals surface area contributed by atoms with Crippen LogP contribution in [0.4, 0.5) is 0 Å². The van der Waals surface area contributed by atoms with Crippen molar-refractivity contribution in [2.75, 3.05) is 6.61 Å². The maximum Gasteiger partial charge on any atom is 0.283 e. The van der Waals surface area contributed by atoms with Crippen molar-refractivity contribution in [2.24, 2.45) is 10.7 Å². The van der Waals surface area contributed by atoms with Crippen molar-refractivity contribution in [2.45, 2.75) is 25.0 Å². The second-order valence-electron chi connectivity index (χ2n) is 7.92. The summed E-state index contributed by atoms with van der Waals surface area (Å²) in [5.74, 6) is 6.80. The normalized spacial score (nSPS) is 18.7. The molecule has 4 heterocycles. The third-order valence-corrected chi connectivity index (χ3v) is 5.07. The molecular formula is C23H19N5O3. The molecular weight excluding hydrogens is 394 g/mol. The summed E-state index contributed by atoms with van der Waals surface area (Å²) in [4.78, 5) is 17.3. The van der Waals surface area contributed by atoms with Crippen LogP contribution in [0.5, 0.6) is 11.6 Å². The van der Waals surface area contributed by atoms with E-state index in [1.54, 1.807) is 32.4 Å². The highest BCUT2D eigenvalue weighted by Gasteiger charge is 2.47. The molecule has 0 bridgehead atoms. The molecule has 2 aromatic heterocycles. The number of benzene rings is 1. The molecule has 0 radical (unpaired) electrons. The Morgan fingerprint density at radius 1 is 1.10 bits per heavy atom. The van der Waals surface area contributed by atoms with E-state index in [0.29, 0.717) is 22.8 Å². The van der Waals surface area contributed by atoms with E-state index in [4.69, 9.17) is 15.2 Å². The molecule has 3 aromatic rings. The smallest absolute Gasteiger partial charge is 0.283 e. The highest BCUT2D eigenvalue weighted by molar-refractivity contribution is 5.77. The number of rotatable bonds is 1. The minimum absolute atomic E-state index is 0.0974. The zero-order valence-electron chi connectivity index (χ0n) is 17.0. The Kier molecular flexibility index (Phi) is 4.17. The Bertz CT molecular complexity index is 1270. The van der Waals surface area contributed by atoms with Crippen LogP contribution in [0.2, 0.25) is 0 Å². The second kappa shape index (κ2) is 6.79. The van der Waals surface area contributed by atoms with E-state index in [1.165, 1.54) is 6.33 Å². The van der Waals surface area contributed by atoms with Crippen LogP contribution in [-0.4, -0.2) is 38.3 Å². The Balaban J connectivity index is 1.69. The molecule has 8 nitrogen and oxygen atoms in total. The van der Waals surface area contributed by atoms with Gasteiger partial charge in [0.15, 0.2) is 5.54 Å². The van der Waals surface area contributed by atoms with Crippen LogP contribution in [0.15, 0.2) is 54.2 Å². The molecule has 0 fully saturated rings. The van der Waals surface area contributed by atoms with Gasteiger partial charge in [-0.25, -0.2) is 19.9 Å². The molecule has 1 spiro atoms. The molecule has 0 amide bonds. The van der Waals surface area contributed by atoms with Crippen molar-refractivity contribution in [3.63, 3.8) is 0 Å². The van der Waals surface area contributed by atoms with Crippen molar-refractivity contribution in [1.29, 1.82) is 0 Å². The van der Waals surface area contributed by atoms with Crippen LogP contribution < -0.4 is 10.5 Å². The molecule has 2 aliphatic heterocycles. The molecule has 3 N–H and O–H groups in total. The Morgan fingerprint density at radius 2 is 1.90 bits per heavy atom. The minimum atomic E-state index is -1.12. The van der Waals surface area contributed by atoms with Crippen LogP contribution in [0, 0.1) is 11.8 Å². The maximum atomic E-state index is 9.94. The van der Waals surface area contributed by atoms with Crippen molar-refractivity contribution in [1.82, 2.24) is 15.0 Å². The monoisotopic (exact) mass is 413 g/mol. The summed E-state index contributed by atoms with van der Waals surface area (Å²) in [6.07, 6.45) is 6.58. The van der Waals surface area contributed by atoms with Gasteiger partial charge < -0.3 is 20.3 Å². The highest BCUT2D eigenvalue weighted by Crippen LogP contribution is 2.51. The molecule has 0 unspecified atom stereocenters. The number of pyridine rings is 1. The molecule has 0 aliphatic carbocycles. The minimum Gasteiger partial charge on any atom is -0.462 e. The van der Waals surface area contributed by atoms with Gasteiger partial charge in [0.25, 0.3) is 6.02 Å².